The van der Waals surface area contributed by atoms with Crippen molar-refractivity contribution in [1.82, 2.24) is 14.8 Å². The lowest BCUT2D eigenvalue weighted by Crippen LogP contribution is -2.17. The van der Waals surface area contributed by atoms with Gasteiger partial charge < -0.3 is 5.73 Å². The molecule has 2 rings (SSSR count). The maximum Gasteiger partial charge on any atom is 0.137 e. The lowest BCUT2D eigenvalue weighted by Gasteiger charge is -2.12. The van der Waals surface area contributed by atoms with Crippen LogP contribution in [0.2, 0.25) is 0 Å². The minimum Gasteiger partial charge on any atom is -0.322 e. The second-order valence-corrected chi connectivity index (χ2v) is 3.82. The second kappa shape index (κ2) is 4.90. The average Bonchev–Trinajstić information content (AvgIpc) is 2.82. The average molecular weight is 216 g/mol. The first-order valence-electron chi connectivity index (χ1n) is 5.46. The lowest BCUT2D eigenvalue weighted by molar-refractivity contribution is 0.526. The number of aromatic nitrogens is 3. The molecule has 0 fully saturated rings. The van der Waals surface area contributed by atoms with Crippen LogP contribution in [0.1, 0.15) is 24.1 Å². The summed E-state index contributed by atoms with van der Waals surface area (Å²) < 4.78 is 1.75. The van der Waals surface area contributed by atoms with Gasteiger partial charge in [-0.1, -0.05) is 31.2 Å². The van der Waals surface area contributed by atoms with Gasteiger partial charge in [-0.3, -0.25) is 4.68 Å². The van der Waals surface area contributed by atoms with Crippen molar-refractivity contribution >= 4 is 0 Å². The maximum atomic E-state index is 6.09. The molecule has 2 aromatic rings. The lowest BCUT2D eigenvalue weighted by atomic mass is 10.0. The number of hydrogen-bond donors (Lipinski definition) is 1. The molecule has 1 aromatic heterocycles. The molecule has 1 atom stereocenters. The summed E-state index contributed by atoms with van der Waals surface area (Å²) in [6, 6.07) is 8.38. The minimum absolute atomic E-state index is 0.0346. The molecule has 1 heterocycles. The van der Waals surface area contributed by atoms with Crippen LogP contribution in [0, 0.1) is 0 Å². The van der Waals surface area contributed by atoms with Gasteiger partial charge in [0.2, 0.25) is 0 Å². The molecule has 4 nitrogen and oxygen atoms in total. The van der Waals surface area contributed by atoms with E-state index in [1.54, 1.807) is 11.0 Å². The third kappa shape index (κ3) is 2.46. The van der Waals surface area contributed by atoms with Crippen molar-refractivity contribution in [3.63, 3.8) is 0 Å². The number of nitrogens with two attached hydrogens (primary N) is 1. The van der Waals surface area contributed by atoms with Crippen LogP contribution in [0.4, 0.5) is 0 Å². The maximum absolute atomic E-state index is 6.09. The summed E-state index contributed by atoms with van der Waals surface area (Å²) in [7, 11) is 0. The van der Waals surface area contributed by atoms with Gasteiger partial charge in [-0.2, -0.15) is 5.10 Å². The van der Waals surface area contributed by atoms with E-state index in [0.717, 1.165) is 12.0 Å². The van der Waals surface area contributed by atoms with Crippen LogP contribution in [0.15, 0.2) is 36.9 Å². The fourth-order valence-electron chi connectivity index (χ4n) is 1.63. The van der Waals surface area contributed by atoms with E-state index in [1.807, 2.05) is 0 Å². The Bertz CT molecular complexity index is 419. The normalized spacial score (nSPS) is 12.6. The topological polar surface area (TPSA) is 56.7 Å². The van der Waals surface area contributed by atoms with E-state index in [4.69, 9.17) is 5.73 Å². The Labute approximate surface area is 95.1 Å². The monoisotopic (exact) mass is 216 g/mol. The molecule has 0 spiro atoms. The van der Waals surface area contributed by atoms with E-state index in [-0.39, 0.29) is 6.04 Å². The van der Waals surface area contributed by atoms with Gasteiger partial charge in [0.1, 0.15) is 12.7 Å². The predicted octanol–water partition coefficient (Wildman–Crippen LogP) is 1.54. The number of nitrogens with zero attached hydrogens (tertiary/aromatic N) is 3. The highest BCUT2D eigenvalue weighted by molar-refractivity contribution is 5.24. The van der Waals surface area contributed by atoms with Gasteiger partial charge >= 0.3 is 0 Å². The molecule has 84 valence electrons. The van der Waals surface area contributed by atoms with Crippen molar-refractivity contribution in [2.24, 2.45) is 5.73 Å². The highest BCUT2D eigenvalue weighted by Crippen LogP contribution is 2.13. The molecule has 16 heavy (non-hydrogen) atoms. The molecule has 0 aliphatic rings. The smallest absolute Gasteiger partial charge is 0.137 e. The van der Waals surface area contributed by atoms with E-state index in [1.165, 1.54) is 11.9 Å². The van der Waals surface area contributed by atoms with Crippen LogP contribution < -0.4 is 5.73 Å². The second-order valence-electron chi connectivity index (χ2n) is 3.82. The highest BCUT2D eigenvalue weighted by atomic mass is 15.3. The minimum atomic E-state index is -0.0346. The van der Waals surface area contributed by atoms with Gasteiger partial charge in [0, 0.05) is 6.04 Å². The van der Waals surface area contributed by atoms with Gasteiger partial charge in [0.25, 0.3) is 0 Å². The Balaban J connectivity index is 2.05. The zero-order valence-corrected chi connectivity index (χ0v) is 9.37. The van der Waals surface area contributed by atoms with Gasteiger partial charge in [-0.05, 0) is 17.5 Å². The number of benzene rings is 1. The molecule has 0 radical (unpaired) electrons. The standard InChI is InChI=1S/C12H16N4/c1-2-10-3-5-11(6-4-10)12(13)7-16-9-14-8-15-16/h3-6,8-9,12H,2,7,13H2,1H3. The molecule has 4 heteroatoms. The third-order valence-electron chi connectivity index (χ3n) is 2.67. The summed E-state index contributed by atoms with van der Waals surface area (Å²) >= 11 is 0. The van der Waals surface area contributed by atoms with Crippen LogP contribution in [0.25, 0.3) is 0 Å². The summed E-state index contributed by atoms with van der Waals surface area (Å²) in [5.74, 6) is 0. The van der Waals surface area contributed by atoms with Crippen molar-refractivity contribution < 1.29 is 0 Å². The summed E-state index contributed by atoms with van der Waals surface area (Å²) in [6.07, 6.45) is 4.26. The van der Waals surface area contributed by atoms with Crippen LogP contribution in [-0.2, 0) is 13.0 Å². The summed E-state index contributed by atoms with van der Waals surface area (Å²) in [4.78, 5) is 3.89. The Kier molecular flexibility index (Phi) is 3.31. The molecule has 0 amide bonds. The zero-order valence-electron chi connectivity index (χ0n) is 9.37. The molecule has 0 bridgehead atoms. The molecule has 0 aliphatic carbocycles. The van der Waals surface area contributed by atoms with Crippen molar-refractivity contribution in [1.29, 1.82) is 0 Å². The van der Waals surface area contributed by atoms with Crippen molar-refractivity contribution in [3.8, 4) is 0 Å². The van der Waals surface area contributed by atoms with Crippen LogP contribution in [0.5, 0.6) is 0 Å². The zero-order chi connectivity index (χ0) is 11.4. The number of aryl methyl sites for hydroxylation is 1. The van der Waals surface area contributed by atoms with E-state index < -0.39 is 0 Å². The van der Waals surface area contributed by atoms with Crippen LogP contribution >= 0.6 is 0 Å². The Morgan fingerprint density at radius 2 is 2.06 bits per heavy atom. The predicted molar refractivity (Wildman–Crippen MR) is 62.8 cm³/mol. The number of rotatable bonds is 4. The number of hydrogen-bond acceptors (Lipinski definition) is 3. The van der Waals surface area contributed by atoms with Gasteiger partial charge in [0.15, 0.2) is 0 Å². The fraction of sp³-hybridized carbons (Fsp3) is 0.333. The summed E-state index contributed by atoms with van der Waals surface area (Å²) in [5.41, 5.74) is 8.55. The van der Waals surface area contributed by atoms with Crippen molar-refractivity contribution in [2.75, 3.05) is 0 Å². The van der Waals surface area contributed by atoms with Gasteiger partial charge in [-0.15, -0.1) is 0 Å². The van der Waals surface area contributed by atoms with Gasteiger partial charge in [-0.25, -0.2) is 4.98 Å². The molecule has 1 aromatic carbocycles. The van der Waals surface area contributed by atoms with E-state index in [0.29, 0.717) is 6.54 Å². The van der Waals surface area contributed by atoms with Gasteiger partial charge in [0.05, 0.1) is 6.54 Å². The first-order chi connectivity index (χ1) is 7.79. The first-order valence-corrected chi connectivity index (χ1v) is 5.46. The molecule has 2 N–H and O–H groups in total. The highest BCUT2D eigenvalue weighted by Gasteiger charge is 2.06. The third-order valence-corrected chi connectivity index (χ3v) is 2.67. The first kappa shape index (κ1) is 10.8. The van der Waals surface area contributed by atoms with Crippen LogP contribution in [0.3, 0.4) is 0 Å². The summed E-state index contributed by atoms with van der Waals surface area (Å²) in [5, 5.41) is 4.04. The van der Waals surface area contributed by atoms with Crippen molar-refractivity contribution in [2.45, 2.75) is 25.9 Å². The largest absolute Gasteiger partial charge is 0.322 e. The Morgan fingerprint density at radius 1 is 1.31 bits per heavy atom. The van der Waals surface area contributed by atoms with Crippen molar-refractivity contribution in [3.05, 3.63) is 48.0 Å². The SMILES string of the molecule is CCc1ccc(C(N)Cn2cncn2)cc1. The van der Waals surface area contributed by atoms with E-state index >= 15 is 0 Å². The quantitative estimate of drug-likeness (QED) is 0.843. The molecule has 0 saturated heterocycles. The summed E-state index contributed by atoms with van der Waals surface area (Å²) in [6.45, 7) is 2.80. The Hall–Kier alpha value is -1.68. The molecular weight excluding hydrogens is 200 g/mol. The molecule has 0 aliphatic heterocycles. The Morgan fingerprint density at radius 3 is 2.62 bits per heavy atom. The fourth-order valence-corrected chi connectivity index (χ4v) is 1.63. The van der Waals surface area contributed by atoms with Crippen LogP contribution in [-0.4, -0.2) is 14.8 Å². The van der Waals surface area contributed by atoms with E-state index in [2.05, 4.69) is 41.3 Å². The molecular formula is C12H16N4. The molecule has 1 unspecified atom stereocenters. The van der Waals surface area contributed by atoms with E-state index in [9.17, 15) is 0 Å². The molecule has 0 saturated carbocycles.